The highest BCUT2D eigenvalue weighted by molar-refractivity contribution is 5.38. The van der Waals surface area contributed by atoms with Crippen LogP contribution in [0.5, 0.6) is 0 Å². The average molecular weight is 357 g/mol. The maximum absolute atomic E-state index is 14.7. The van der Waals surface area contributed by atoms with Crippen LogP contribution in [-0.2, 0) is 25.7 Å². The Labute approximate surface area is 156 Å². The summed E-state index contributed by atoms with van der Waals surface area (Å²) in [7, 11) is 0. The Morgan fingerprint density at radius 2 is 1.62 bits per heavy atom. The second kappa shape index (κ2) is 8.79. The number of unbranched alkanes of at least 4 members (excludes halogenated alkanes) is 2. The van der Waals surface area contributed by atoms with Crippen molar-refractivity contribution in [2.75, 3.05) is 0 Å². The van der Waals surface area contributed by atoms with Crippen LogP contribution in [0, 0.1) is 11.6 Å². The van der Waals surface area contributed by atoms with E-state index in [0.717, 1.165) is 63.4 Å². The zero-order valence-electron chi connectivity index (χ0n) is 16.1. The quantitative estimate of drug-likeness (QED) is 0.472. The zero-order valence-corrected chi connectivity index (χ0v) is 16.1. The van der Waals surface area contributed by atoms with Crippen molar-refractivity contribution >= 4 is 0 Å². The van der Waals surface area contributed by atoms with Crippen LogP contribution in [0.3, 0.4) is 0 Å². The van der Waals surface area contributed by atoms with Crippen molar-refractivity contribution in [3.8, 4) is 0 Å². The zero-order chi connectivity index (χ0) is 18.5. The van der Waals surface area contributed by atoms with E-state index >= 15 is 0 Å². The Bertz CT molecular complexity index is 725. The van der Waals surface area contributed by atoms with E-state index in [2.05, 4.69) is 32.0 Å². The van der Waals surface area contributed by atoms with Gasteiger partial charge >= 0.3 is 0 Å². The van der Waals surface area contributed by atoms with Crippen molar-refractivity contribution in [1.29, 1.82) is 0 Å². The van der Waals surface area contributed by atoms with Crippen LogP contribution in [0.4, 0.5) is 8.78 Å². The molecule has 2 heteroatoms. The van der Waals surface area contributed by atoms with E-state index in [1.165, 1.54) is 16.7 Å². The highest BCUT2D eigenvalue weighted by Crippen LogP contribution is 2.36. The van der Waals surface area contributed by atoms with Crippen LogP contribution >= 0.6 is 0 Å². The summed E-state index contributed by atoms with van der Waals surface area (Å²) < 4.78 is 29.4. The Morgan fingerprint density at radius 1 is 0.846 bits per heavy atom. The van der Waals surface area contributed by atoms with Gasteiger partial charge in [-0.15, -0.1) is 0 Å². The number of rotatable bonds is 7. The van der Waals surface area contributed by atoms with Gasteiger partial charge in [0.05, 0.1) is 0 Å². The Hall–Kier alpha value is -1.70. The Balaban J connectivity index is 1.77. The van der Waals surface area contributed by atoms with Crippen molar-refractivity contribution in [2.45, 2.75) is 77.6 Å². The predicted molar refractivity (Wildman–Crippen MR) is 105 cm³/mol. The van der Waals surface area contributed by atoms with E-state index in [9.17, 15) is 8.78 Å². The summed E-state index contributed by atoms with van der Waals surface area (Å²) in [5, 5.41) is 0. The minimum Gasteiger partial charge on any atom is -0.207 e. The molecule has 0 bridgehead atoms. The largest absolute Gasteiger partial charge is 0.207 e. The molecule has 0 aliphatic heterocycles. The van der Waals surface area contributed by atoms with E-state index in [1.807, 2.05) is 0 Å². The highest BCUT2D eigenvalue weighted by Gasteiger charge is 2.26. The first-order valence-electron chi connectivity index (χ1n) is 10.2. The summed E-state index contributed by atoms with van der Waals surface area (Å²) in [6, 6.07) is 9.76. The molecule has 0 saturated carbocycles. The lowest BCUT2D eigenvalue weighted by Crippen LogP contribution is -2.16. The molecule has 3 rings (SSSR count). The van der Waals surface area contributed by atoms with Crippen molar-refractivity contribution in [1.82, 2.24) is 0 Å². The van der Waals surface area contributed by atoms with Gasteiger partial charge in [-0.05, 0) is 78.8 Å². The van der Waals surface area contributed by atoms with E-state index in [4.69, 9.17) is 0 Å². The molecule has 0 amide bonds. The molecule has 1 unspecified atom stereocenters. The van der Waals surface area contributed by atoms with E-state index in [1.54, 1.807) is 12.1 Å². The third-order valence-electron chi connectivity index (χ3n) is 5.65. The summed E-state index contributed by atoms with van der Waals surface area (Å²) in [6.45, 7) is 4.32. The van der Waals surface area contributed by atoms with Gasteiger partial charge in [-0.3, -0.25) is 0 Å². The molecule has 0 nitrogen and oxygen atoms in total. The van der Waals surface area contributed by atoms with Gasteiger partial charge < -0.3 is 0 Å². The number of hydrogen-bond donors (Lipinski definition) is 0. The molecule has 0 saturated heterocycles. The number of hydrogen-bond acceptors (Lipinski definition) is 0. The molecule has 1 atom stereocenters. The van der Waals surface area contributed by atoms with E-state index in [-0.39, 0.29) is 17.6 Å². The molecule has 0 heterocycles. The summed E-state index contributed by atoms with van der Waals surface area (Å²) >= 11 is 0. The van der Waals surface area contributed by atoms with Gasteiger partial charge in [-0.1, -0.05) is 51.3 Å². The first-order valence-corrected chi connectivity index (χ1v) is 10.2. The molecule has 1 aliphatic carbocycles. The lowest BCUT2D eigenvalue weighted by atomic mass is 9.79. The van der Waals surface area contributed by atoms with Gasteiger partial charge in [0.25, 0.3) is 0 Å². The number of benzene rings is 2. The van der Waals surface area contributed by atoms with E-state index < -0.39 is 0 Å². The summed E-state index contributed by atoms with van der Waals surface area (Å²) in [4.78, 5) is 0. The standard InChI is InChI=1S/C24H30F2/c1-3-5-6-8-18-14-22(25)24(23(26)15-18)21-12-11-19-13-17(7-4-2)9-10-20(19)16-21/h9-10,13-15,21H,3-8,11-12,16H2,1-2H3. The third-order valence-corrected chi connectivity index (χ3v) is 5.65. The number of fused-ring (bicyclic) bond motifs is 1. The number of halogens is 2. The van der Waals surface area contributed by atoms with Crippen LogP contribution in [0.15, 0.2) is 30.3 Å². The molecule has 0 radical (unpaired) electrons. The Morgan fingerprint density at radius 3 is 2.31 bits per heavy atom. The second-order valence-electron chi connectivity index (χ2n) is 7.72. The molecule has 0 spiro atoms. The summed E-state index contributed by atoms with van der Waals surface area (Å²) in [5.41, 5.74) is 5.08. The fourth-order valence-electron chi connectivity index (χ4n) is 4.25. The van der Waals surface area contributed by atoms with Crippen LogP contribution < -0.4 is 0 Å². The topological polar surface area (TPSA) is 0 Å². The molecule has 140 valence electrons. The first-order chi connectivity index (χ1) is 12.6. The smallest absolute Gasteiger partial charge is 0.129 e. The van der Waals surface area contributed by atoms with Gasteiger partial charge in [0.15, 0.2) is 0 Å². The van der Waals surface area contributed by atoms with Gasteiger partial charge in [0, 0.05) is 5.56 Å². The summed E-state index contributed by atoms with van der Waals surface area (Å²) in [6.07, 6.45) is 8.68. The highest BCUT2D eigenvalue weighted by atomic mass is 19.1. The molecule has 0 N–H and O–H groups in total. The molecule has 26 heavy (non-hydrogen) atoms. The van der Waals surface area contributed by atoms with Crippen LogP contribution in [-0.4, -0.2) is 0 Å². The number of aryl methyl sites for hydroxylation is 3. The van der Waals surface area contributed by atoms with Gasteiger partial charge in [-0.25, -0.2) is 8.78 Å². The predicted octanol–water partition coefficient (Wildman–Crippen LogP) is 6.92. The monoisotopic (exact) mass is 356 g/mol. The maximum atomic E-state index is 14.7. The van der Waals surface area contributed by atoms with Gasteiger partial charge in [-0.2, -0.15) is 0 Å². The molecule has 0 aromatic heterocycles. The van der Waals surface area contributed by atoms with Crippen molar-refractivity contribution in [2.24, 2.45) is 0 Å². The Kier molecular flexibility index (Phi) is 6.45. The fraction of sp³-hybridized carbons (Fsp3) is 0.500. The molecular weight excluding hydrogens is 326 g/mol. The lowest BCUT2D eigenvalue weighted by molar-refractivity contribution is 0.489. The van der Waals surface area contributed by atoms with E-state index in [0.29, 0.717) is 5.56 Å². The maximum Gasteiger partial charge on any atom is 0.129 e. The van der Waals surface area contributed by atoms with Crippen LogP contribution in [0.1, 0.15) is 79.7 Å². The van der Waals surface area contributed by atoms with Gasteiger partial charge in [0.1, 0.15) is 11.6 Å². The molecule has 0 fully saturated rings. The van der Waals surface area contributed by atoms with Gasteiger partial charge in [0.2, 0.25) is 0 Å². The third kappa shape index (κ3) is 4.34. The normalized spacial score (nSPS) is 16.5. The SMILES string of the molecule is CCCCCc1cc(F)c(C2CCc3cc(CCC)ccc3C2)c(F)c1. The second-order valence-corrected chi connectivity index (χ2v) is 7.72. The minimum absolute atomic E-state index is 0.0517. The van der Waals surface area contributed by atoms with Crippen LogP contribution in [0.25, 0.3) is 0 Å². The molecule has 2 aromatic rings. The molecule has 2 aromatic carbocycles. The lowest BCUT2D eigenvalue weighted by Gasteiger charge is -2.26. The van der Waals surface area contributed by atoms with Crippen molar-refractivity contribution in [3.63, 3.8) is 0 Å². The minimum atomic E-state index is -0.354. The molecule has 1 aliphatic rings. The average Bonchev–Trinajstić information content (AvgIpc) is 2.62. The fourth-order valence-corrected chi connectivity index (χ4v) is 4.25. The van der Waals surface area contributed by atoms with Crippen molar-refractivity contribution < 1.29 is 8.78 Å². The van der Waals surface area contributed by atoms with Crippen molar-refractivity contribution in [3.05, 3.63) is 69.8 Å². The summed E-state index contributed by atoms with van der Waals surface area (Å²) in [5.74, 6) is -0.760. The molecular formula is C24H30F2. The first kappa shape index (κ1) is 19.1. The van der Waals surface area contributed by atoms with Crippen LogP contribution in [0.2, 0.25) is 0 Å².